The molecule has 1 N–H and O–H groups in total. The van der Waals surface area contributed by atoms with Crippen LogP contribution < -0.4 is 10.1 Å². The SMILES string of the molecule is CC1CC(c2nnc([C@@H]3CC[C@@H](NC(=O)COc4ccc(Cl)c(F)c4)CO3)o2)C1. The maximum atomic E-state index is 13.4. The molecule has 1 aliphatic heterocycles. The van der Waals surface area contributed by atoms with Gasteiger partial charge in [0, 0.05) is 12.0 Å². The Kier molecular flexibility index (Phi) is 6.01. The maximum Gasteiger partial charge on any atom is 0.258 e. The first-order chi connectivity index (χ1) is 14.0. The Labute approximate surface area is 172 Å². The number of nitrogens with zero attached hydrogens (tertiary/aromatic N) is 2. The molecule has 2 heterocycles. The van der Waals surface area contributed by atoms with Crippen LogP contribution in [0.15, 0.2) is 22.6 Å². The van der Waals surface area contributed by atoms with Crippen LogP contribution in [-0.2, 0) is 9.53 Å². The molecule has 1 amide bonds. The van der Waals surface area contributed by atoms with Crippen molar-refractivity contribution in [3.05, 3.63) is 40.8 Å². The number of carbonyl (C=O) groups is 1. The number of hydrogen-bond donors (Lipinski definition) is 1. The molecule has 4 rings (SSSR count). The monoisotopic (exact) mass is 423 g/mol. The van der Waals surface area contributed by atoms with Crippen molar-refractivity contribution in [3.8, 4) is 5.75 Å². The lowest BCUT2D eigenvalue weighted by molar-refractivity contribution is -0.125. The van der Waals surface area contributed by atoms with E-state index in [4.69, 9.17) is 25.5 Å². The third-order valence-electron chi connectivity index (χ3n) is 5.36. The zero-order chi connectivity index (χ0) is 20.4. The average molecular weight is 424 g/mol. The minimum absolute atomic E-state index is 0.00585. The molecular formula is C20H23ClFN3O4. The molecule has 1 saturated carbocycles. The predicted octanol–water partition coefficient (Wildman–Crippen LogP) is 3.79. The van der Waals surface area contributed by atoms with Crippen molar-refractivity contribution in [2.75, 3.05) is 13.2 Å². The number of hydrogen-bond acceptors (Lipinski definition) is 6. The molecule has 9 heteroatoms. The van der Waals surface area contributed by atoms with Gasteiger partial charge in [0.1, 0.15) is 17.7 Å². The predicted molar refractivity (Wildman–Crippen MR) is 102 cm³/mol. The molecule has 1 aromatic carbocycles. The Bertz CT molecular complexity index is 863. The fourth-order valence-corrected chi connectivity index (χ4v) is 3.81. The van der Waals surface area contributed by atoms with Gasteiger partial charge in [0.05, 0.1) is 17.7 Å². The Balaban J connectivity index is 1.20. The van der Waals surface area contributed by atoms with Gasteiger partial charge in [-0.1, -0.05) is 18.5 Å². The van der Waals surface area contributed by atoms with Crippen molar-refractivity contribution < 1.29 is 23.1 Å². The van der Waals surface area contributed by atoms with Gasteiger partial charge in [-0.25, -0.2) is 4.39 Å². The van der Waals surface area contributed by atoms with Gasteiger partial charge in [0.25, 0.3) is 5.91 Å². The van der Waals surface area contributed by atoms with Crippen LogP contribution in [-0.4, -0.2) is 35.4 Å². The minimum Gasteiger partial charge on any atom is -0.484 e. The molecular weight excluding hydrogens is 401 g/mol. The van der Waals surface area contributed by atoms with Gasteiger partial charge in [-0.05, 0) is 43.7 Å². The molecule has 2 atom stereocenters. The second-order valence-electron chi connectivity index (χ2n) is 7.78. The van der Waals surface area contributed by atoms with Gasteiger partial charge in [-0.3, -0.25) is 4.79 Å². The summed E-state index contributed by atoms with van der Waals surface area (Å²) in [6.45, 7) is 2.35. The van der Waals surface area contributed by atoms with Crippen LogP contribution in [0.1, 0.15) is 56.4 Å². The van der Waals surface area contributed by atoms with E-state index in [1.165, 1.54) is 12.1 Å². The van der Waals surface area contributed by atoms with Crippen LogP contribution in [0.5, 0.6) is 5.75 Å². The maximum absolute atomic E-state index is 13.4. The van der Waals surface area contributed by atoms with E-state index in [1.807, 2.05) is 0 Å². The highest BCUT2D eigenvalue weighted by atomic mass is 35.5. The molecule has 29 heavy (non-hydrogen) atoms. The molecule has 2 aliphatic rings. The number of aromatic nitrogens is 2. The first-order valence-corrected chi connectivity index (χ1v) is 10.2. The highest BCUT2D eigenvalue weighted by Gasteiger charge is 2.33. The van der Waals surface area contributed by atoms with E-state index in [0.29, 0.717) is 36.6 Å². The number of ether oxygens (including phenoxy) is 2. The average Bonchev–Trinajstić information content (AvgIpc) is 3.16. The summed E-state index contributed by atoms with van der Waals surface area (Å²) < 4.78 is 30.3. The van der Waals surface area contributed by atoms with E-state index in [2.05, 4.69) is 22.4 Å². The lowest BCUT2D eigenvalue weighted by atomic mass is 9.76. The lowest BCUT2D eigenvalue weighted by Crippen LogP contribution is -2.43. The molecule has 7 nitrogen and oxygen atoms in total. The fourth-order valence-electron chi connectivity index (χ4n) is 3.69. The molecule has 1 aliphatic carbocycles. The van der Waals surface area contributed by atoms with E-state index >= 15 is 0 Å². The topological polar surface area (TPSA) is 86.5 Å². The number of rotatable bonds is 6. The Morgan fingerprint density at radius 1 is 1.31 bits per heavy atom. The van der Waals surface area contributed by atoms with Crippen LogP contribution in [0.3, 0.4) is 0 Å². The molecule has 2 aromatic rings. The third-order valence-corrected chi connectivity index (χ3v) is 5.66. The Morgan fingerprint density at radius 2 is 2.10 bits per heavy atom. The zero-order valence-electron chi connectivity index (χ0n) is 16.1. The molecule has 1 aromatic heterocycles. The summed E-state index contributed by atoms with van der Waals surface area (Å²) in [5, 5.41) is 11.2. The van der Waals surface area contributed by atoms with Crippen molar-refractivity contribution in [3.63, 3.8) is 0 Å². The summed E-state index contributed by atoms with van der Waals surface area (Å²) >= 11 is 5.62. The minimum atomic E-state index is -0.590. The van der Waals surface area contributed by atoms with E-state index in [9.17, 15) is 9.18 Å². The standard InChI is InChI=1S/C20H23ClFN3O4/c1-11-6-12(7-11)19-24-25-20(29-19)17-5-2-13(9-28-17)23-18(26)10-27-14-3-4-15(21)16(22)8-14/h3-4,8,11-13,17H,2,5-7,9-10H2,1H3,(H,23,26)/t11?,12?,13-,17+/m1/s1. The number of amides is 1. The van der Waals surface area contributed by atoms with Crippen molar-refractivity contribution in [2.24, 2.45) is 5.92 Å². The Hall–Kier alpha value is -2.19. The largest absolute Gasteiger partial charge is 0.484 e. The Morgan fingerprint density at radius 3 is 2.79 bits per heavy atom. The molecule has 0 spiro atoms. The van der Waals surface area contributed by atoms with Crippen molar-refractivity contribution in [1.82, 2.24) is 15.5 Å². The molecule has 2 fully saturated rings. The van der Waals surface area contributed by atoms with Crippen molar-refractivity contribution >= 4 is 17.5 Å². The van der Waals surface area contributed by atoms with Gasteiger partial charge in [0.15, 0.2) is 6.61 Å². The van der Waals surface area contributed by atoms with Crippen LogP contribution >= 0.6 is 11.6 Å². The number of halogens is 2. The lowest BCUT2D eigenvalue weighted by Gasteiger charge is -2.29. The van der Waals surface area contributed by atoms with Crippen LogP contribution in [0, 0.1) is 11.7 Å². The highest BCUT2D eigenvalue weighted by molar-refractivity contribution is 6.30. The van der Waals surface area contributed by atoms with Crippen LogP contribution in [0.4, 0.5) is 4.39 Å². The first kappa shape index (κ1) is 20.1. The molecule has 0 unspecified atom stereocenters. The van der Waals surface area contributed by atoms with E-state index in [1.54, 1.807) is 0 Å². The summed E-state index contributed by atoms with van der Waals surface area (Å²) in [7, 11) is 0. The quantitative estimate of drug-likeness (QED) is 0.760. The van der Waals surface area contributed by atoms with Gasteiger partial charge in [-0.15, -0.1) is 10.2 Å². The van der Waals surface area contributed by atoms with Gasteiger partial charge >= 0.3 is 0 Å². The smallest absolute Gasteiger partial charge is 0.258 e. The summed E-state index contributed by atoms with van der Waals surface area (Å²) in [5.74, 6) is 1.66. The van der Waals surface area contributed by atoms with Crippen molar-refractivity contribution in [1.29, 1.82) is 0 Å². The zero-order valence-corrected chi connectivity index (χ0v) is 16.8. The second-order valence-corrected chi connectivity index (χ2v) is 8.19. The van der Waals surface area contributed by atoms with Crippen LogP contribution in [0.2, 0.25) is 5.02 Å². The first-order valence-electron chi connectivity index (χ1n) is 9.80. The van der Waals surface area contributed by atoms with Crippen molar-refractivity contribution in [2.45, 2.75) is 50.7 Å². The summed E-state index contributed by atoms with van der Waals surface area (Å²) in [6, 6.07) is 3.91. The summed E-state index contributed by atoms with van der Waals surface area (Å²) in [5.41, 5.74) is 0. The molecule has 0 radical (unpaired) electrons. The van der Waals surface area contributed by atoms with Gasteiger partial charge < -0.3 is 19.2 Å². The summed E-state index contributed by atoms with van der Waals surface area (Å²) in [6.07, 6.45) is 3.34. The van der Waals surface area contributed by atoms with E-state index in [-0.39, 0.29) is 35.4 Å². The fraction of sp³-hybridized carbons (Fsp3) is 0.550. The normalized spacial score (nSPS) is 26.6. The van der Waals surface area contributed by atoms with E-state index in [0.717, 1.165) is 25.3 Å². The third kappa shape index (κ3) is 4.87. The number of nitrogens with one attached hydrogen (secondary N) is 1. The number of carbonyl (C=O) groups excluding carboxylic acids is 1. The molecule has 156 valence electrons. The summed E-state index contributed by atoms with van der Waals surface area (Å²) in [4.78, 5) is 12.1. The second kappa shape index (κ2) is 8.67. The van der Waals surface area contributed by atoms with E-state index < -0.39 is 5.82 Å². The molecule has 1 saturated heterocycles. The van der Waals surface area contributed by atoms with Crippen LogP contribution in [0.25, 0.3) is 0 Å². The number of benzene rings is 1. The van der Waals surface area contributed by atoms with Gasteiger partial charge in [0.2, 0.25) is 11.8 Å². The van der Waals surface area contributed by atoms with Gasteiger partial charge in [-0.2, -0.15) is 0 Å². The molecule has 0 bridgehead atoms. The highest BCUT2D eigenvalue weighted by Crippen LogP contribution is 2.41.